The van der Waals surface area contributed by atoms with Crippen molar-refractivity contribution in [3.8, 4) is 0 Å². The van der Waals surface area contributed by atoms with Crippen LogP contribution in [0.5, 0.6) is 0 Å². The summed E-state index contributed by atoms with van der Waals surface area (Å²) in [6.07, 6.45) is 51.3. The van der Waals surface area contributed by atoms with Crippen molar-refractivity contribution in [3.05, 3.63) is 48.6 Å². The van der Waals surface area contributed by atoms with E-state index in [-0.39, 0.29) is 25.2 Å². The van der Waals surface area contributed by atoms with Gasteiger partial charge in [0.15, 0.2) is 6.10 Å². The predicted molar refractivity (Wildman–Crippen MR) is 224 cm³/mol. The Morgan fingerprint density at radius 1 is 0.423 bits per heavy atom. The van der Waals surface area contributed by atoms with E-state index >= 15 is 0 Å². The van der Waals surface area contributed by atoms with Gasteiger partial charge in [-0.3, -0.25) is 9.59 Å². The molecule has 52 heavy (non-hydrogen) atoms. The highest BCUT2D eigenvalue weighted by molar-refractivity contribution is 5.70. The molecule has 5 heteroatoms. The number of carbonyl (C=O) groups excluding carboxylic acids is 2. The van der Waals surface area contributed by atoms with Gasteiger partial charge in [-0.15, -0.1) is 0 Å². The monoisotopic (exact) mass is 729 g/mol. The molecule has 0 saturated heterocycles. The molecule has 0 aromatic carbocycles. The van der Waals surface area contributed by atoms with Gasteiger partial charge in [-0.2, -0.15) is 0 Å². The van der Waals surface area contributed by atoms with Gasteiger partial charge in [-0.25, -0.2) is 0 Å². The van der Waals surface area contributed by atoms with E-state index in [1.54, 1.807) is 0 Å². The van der Waals surface area contributed by atoms with Gasteiger partial charge in [0.2, 0.25) is 0 Å². The van der Waals surface area contributed by atoms with Gasteiger partial charge in [-0.1, -0.05) is 172 Å². The Balaban J connectivity index is 4.08. The molecule has 0 saturated carbocycles. The molecule has 1 atom stereocenters. The van der Waals surface area contributed by atoms with Crippen LogP contribution >= 0.6 is 0 Å². The minimum atomic E-state index is -0.538. The summed E-state index contributed by atoms with van der Waals surface area (Å²) in [7, 11) is 0. The number of allylic oxidation sites excluding steroid dienone is 8. The molecule has 1 unspecified atom stereocenters. The Morgan fingerprint density at radius 3 is 1.38 bits per heavy atom. The lowest BCUT2D eigenvalue weighted by Gasteiger charge is -2.18. The van der Waals surface area contributed by atoms with Crippen molar-refractivity contribution >= 4 is 11.9 Å². The van der Waals surface area contributed by atoms with Crippen molar-refractivity contribution in [1.82, 2.24) is 0 Å². The van der Waals surface area contributed by atoms with E-state index in [2.05, 4.69) is 69.4 Å². The topological polar surface area (TPSA) is 61.8 Å². The molecule has 0 aliphatic carbocycles. The minimum Gasteiger partial charge on any atom is -0.462 e. The Morgan fingerprint density at radius 2 is 0.846 bits per heavy atom. The van der Waals surface area contributed by atoms with Crippen molar-refractivity contribution in [3.63, 3.8) is 0 Å². The van der Waals surface area contributed by atoms with Crippen molar-refractivity contribution in [1.29, 1.82) is 0 Å². The number of esters is 2. The molecule has 0 N–H and O–H groups in total. The van der Waals surface area contributed by atoms with E-state index in [4.69, 9.17) is 14.2 Å². The number of hydrogen-bond donors (Lipinski definition) is 0. The molecule has 0 heterocycles. The Labute approximate surface area is 322 Å². The maximum atomic E-state index is 12.5. The van der Waals surface area contributed by atoms with Crippen LogP contribution in [0.3, 0.4) is 0 Å². The second kappa shape index (κ2) is 43.3. The molecule has 0 spiro atoms. The van der Waals surface area contributed by atoms with Gasteiger partial charge >= 0.3 is 11.9 Å². The highest BCUT2D eigenvalue weighted by Crippen LogP contribution is 2.13. The first kappa shape index (κ1) is 49.9. The van der Waals surface area contributed by atoms with E-state index in [1.165, 1.54) is 116 Å². The van der Waals surface area contributed by atoms with Crippen molar-refractivity contribution in [2.24, 2.45) is 0 Å². The summed E-state index contributed by atoms with van der Waals surface area (Å²) in [6.45, 7) is 7.64. The normalized spacial score (nSPS) is 12.6. The Bertz CT molecular complexity index is 873. The smallest absolute Gasteiger partial charge is 0.306 e. The van der Waals surface area contributed by atoms with Crippen molar-refractivity contribution < 1.29 is 23.8 Å². The molecule has 302 valence electrons. The summed E-state index contributed by atoms with van der Waals surface area (Å²) < 4.78 is 17.2. The molecule has 0 aromatic rings. The van der Waals surface area contributed by atoms with Crippen LogP contribution in [0.25, 0.3) is 0 Å². The third-order valence-electron chi connectivity index (χ3n) is 9.32. The highest BCUT2D eigenvalue weighted by Gasteiger charge is 2.17. The maximum absolute atomic E-state index is 12.5. The summed E-state index contributed by atoms with van der Waals surface area (Å²) in [5.74, 6) is -0.423. The maximum Gasteiger partial charge on any atom is 0.306 e. The fraction of sp³-hybridized carbons (Fsp3) is 0.787. The number of rotatable bonds is 40. The molecular formula is C47H84O5. The quantitative estimate of drug-likeness (QED) is 0.0357. The molecule has 0 aromatic heterocycles. The third kappa shape index (κ3) is 40.6. The first-order valence-corrected chi connectivity index (χ1v) is 22.2. The first-order valence-electron chi connectivity index (χ1n) is 22.2. The minimum absolute atomic E-state index is 0.0770. The first-order chi connectivity index (χ1) is 25.6. The number of carbonyl (C=O) groups is 2. The molecule has 0 fully saturated rings. The van der Waals surface area contributed by atoms with Gasteiger partial charge in [0.05, 0.1) is 6.61 Å². The van der Waals surface area contributed by atoms with Gasteiger partial charge in [0.1, 0.15) is 6.61 Å². The van der Waals surface area contributed by atoms with Crippen LogP contribution in [0.15, 0.2) is 48.6 Å². The molecule has 0 aliphatic heterocycles. The molecule has 0 rings (SSSR count). The van der Waals surface area contributed by atoms with Crippen LogP contribution < -0.4 is 0 Å². The van der Waals surface area contributed by atoms with Gasteiger partial charge < -0.3 is 14.2 Å². The van der Waals surface area contributed by atoms with Crippen LogP contribution in [-0.2, 0) is 23.8 Å². The van der Waals surface area contributed by atoms with E-state index in [1.807, 2.05) is 0 Å². The summed E-state index contributed by atoms with van der Waals surface area (Å²) in [5, 5.41) is 0. The molecule has 0 bridgehead atoms. The van der Waals surface area contributed by atoms with Crippen LogP contribution in [-0.4, -0.2) is 37.9 Å². The molecule has 0 radical (unpaired) electrons. The second-order valence-electron chi connectivity index (χ2n) is 14.6. The average Bonchev–Trinajstić information content (AvgIpc) is 3.14. The zero-order chi connectivity index (χ0) is 37.8. The highest BCUT2D eigenvalue weighted by atomic mass is 16.6. The molecular weight excluding hydrogens is 645 g/mol. The lowest BCUT2D eigenvalue weighted by atomic mass is 10.1. The van der Waals surface area contributed by atoms with Gasteiger partial charge in [0.25, 0.3) is 0 Å². The SMILES string of the molecule is CCC/C=C\C/C=C\CCCCCCCCOCC(COC(=O)CCCCCCCCC/C=C\C/C=C\CCCCC)OC(=O)CCCCCCC. The number of hydrogen-bond acceptors (Lipinski definition) is 5. The zero-order valence-corrected chi connectivity index (χ0v) is 34.6. The summed E-state index contributed by atoms with van der Waals surface area (Å²) in [4.78, 5) is 25.0. The lowest BCUT2D eigenvalue weighted by Crippen LogP contribution is -2.30. The Kier molecular flexibility index (Phi) is 41.5. The Hall–Kier alpha value is -2.14. The van der Waals surface area contributed by atoms with Crippen LogP contribution in [0.4, 0.5) is 0 Å². The van der Waals surface area contributed by atoms with Gasteiger partial charge in [0, 0.05) is 19.4 Å². The van der Waals surface area contributed by atoms with E-state index in [9.17, 15) is 9.59 Å². The van der Waals surface area contributed by atoms with Crippen LogP contribution in [0.1, 0.15) is 213 Å². The zero-order valence-electron chi connectivity index (χ0n) is 34.6. The molecule has 5 nitrogen and oxygen atoms in total. The predicted octanol–water partition coefficient (Wildman–Crippen LogP) is 14.4. The van der Waals surface area contributed by atoms with Crippen molar-refractivity contribution in [2.75, 3.05) is 19.8 Å². The van der Waals surface area contributed by atoms with Crippen LogP contribution in [0.2, 0.25) is 0 Å². The summed E-state index contributed by atoms with van der Waals surface area (Å²) >= 11 is 0. The third-order valence-corrected chi connectivity index (χ3v) is 9.32. The van der Waals surface area contributed by atoms with E-state index in [0.717, 1.165) is 64.2 Å². The average molecular weight is 729 g/mol. The van der Waals surface area contributed by atoms with Crippen LogP contribution in [0, 0.1) is 0 Å². The number of ether oxygens (including phenoxy) is 3. The molecule has 0 amide bonds. The summed E-state index contributed by atoms with van der Waals surface area (Å²) in [5.41, 5.74) is 0. The van der Waals surface area contributed by atoms with Crippen molar-refractivity contribution in [2.45, 2.75) is 219 Å². The number of unbranched alkanes of at least 4 members (excludes halogenated alkanes) is 21. The fourth-order valence-electron chi connectivity index (χ4n) is 5.99. The lowest BCUT2D eigenvalue weighted by molar-refractivity contribution is -0.163. The standard InChI is InChI=1S/C47H84O5/c1-4-7-10-13-15-17-19-21-23-24-25-26-28-30-32-35-37-40-46(48)51-44-45(52-47(49)41-38-34-12-9-6-3)43-50-42-39-36-33-31-29-27-22-20-18-16-14-11-8-5-2/h11,14-15,17-18,20-21,23,45H,4-10,12-13,16,19,22,24-44H2,1-3H3/b14-11-,17-15-,20-18-,23-21-. The molecule has 0 aliphatic rings. The fourth-order valence-corrected chi connectivity index (χ4v) is 5.99. The largest absolute Gasteiger partial charge is 0.462 e. The van der Waals surface area contributed by atoms with Gasteiger partial charge in [-0.05, 0) is 77.0 Å². The van der Waals surface area contributed by atoms with E-state index in [0.29, 0.717) is 19.4 Å². The summed E-state index contributed by atoms with van der Waals surface area (Å²) in [6, 6.07) is 0. The second-order valence-corrected chi connectivity index (χ2v) is 14.6. The van der Waals surface area contributed by atoms with E-state index < -0.39 is 6.10 Å².